The van der Waals surface area contributed by atoms with Gasteiger partial charge in [0, 0.05) is 18.8 Å². The van der Waals surface area contributed by atoms with E-state index < -0.39 is 0 Å². The number of carbonyl (C=O) groups is 2. The molecule has 22 heavy (non-hydrogen) atoms. The van der Waals surface area contributed by atoms with Crippen molar-refractivity contribution in [1.29, 1.82) is 0 Å². The van der Waals surface area contributed by atoms with Crippen molar-refractivity contribution in [2.24, 2.45) is 0 Å². The lowest BCUT2D eigenvalue weighted by molar-refractivity contribution is -0.120. The number of rotatable bonds is 6. The summed E-state index contributed by atoms with van der Waals surface area (Å²) in [6.45, 7) is 2.28. The van der Waals surface area contributed by atoms with E-state index in [-0.39, 0.29) is 18.4 Å². The topological polar surface area (TPSA) is 80.3 Å². The van der Waals surface area contributed by atoms with Crippen molar-refractivity contribution in [2.75, 3.05) is 13.1 Å². The average molecular weight is 299 g/mol. The zero-order valence-corrected chi connectivity index (χ0v) is 12.2. The lowest BCUT2D eigenvalue weighted by Gasteiger charge is -2.07. The van der Waals surface area contributed by atoms with E-state index in [0.717, 1.165) is 0 Å². The fourth-order valence-electron chi connectivity index (χ4n) is 1.71. The van der Waals surface area contributed by atoms with E-state index >= 15 is 0 Å². The Morgan fingerprint density at radius 1 is 1.09 bits per heavy atom. The van der Waals surface area contributed by atoms with Gasteiger partial charge in [-0.1, -0.05) is 18.2 Å². The first kappa shape index (κ1) is 15.5. The molecule has 2 aromatic rings. The minimum atomic E-state index is -0.356. The molecular formula is C16H17N3O3. The minimum absolute atomic E-state index is 0.0606. The number of aromatic nitrogens is 1. The van der Waals surface area contributed by atoms with Gasteiger partial charge in [-0.2, -0.15) is 0 Å². The Labute approximate surface area is 128 Å². The van der Waals surface area contributed by atoms with Crippen LogP contribution in [0.3, 0.4) is 0 Å². The van der Waals surface area contributed by atoms with Gasteiger partial charge < -0.3 is 15.4 Å². The van der Waals surface area contributed by atoms with Crippen LogP contribution in [0.15, 0.2) is 48.7 Å². The van der Waals surface area contributed by atoms with Gasteiger partial charge in [0.15, 0.2) is 0 Å². The van der Waals surface area contributed by atoms with Crippen LogP contribution in [0.2, 0.25) is 0 Å². The summed E-state index contributed by atoms with van der Waals surface area (Å²) in [5.74, 6) is 0.479. The van der Waals surface area contributed by atoms with Gasteiger partial charge in [0.1, 0.15) is 5.75 Å². The molecule has 1 heterocycles. The smallest absolute Gasteiger partial charge is 0.253 e. The van der Waals surface area contributed by atoms with E-state index in [0.29, 0.717) is 23.7 Å². The summed E-state index contributed by atoms with van der Waals surface area (Å²) in [5, 5.41) is 5.12. The van der Waals surface area contributed by atoms with Gasteiger partial charge in [-0.15, -0.1) is 0 Å². The van der Waals surface area contributed by atoms with Crippen molar-refractivity contribution in [2.45, 2.75) is 6.92 Å². The molecule has 114 valence electrons. The fraction of sp³-hybridized carbons (Fsp3) is 0.188. The van der Waals surface area contributed by atoms with Crippen LogP contribution in [-0.4, -0.2) is 29.9 Å². The van der Waals surface area contributed by atoms with Crippen LogP contribution in [0.5, 0.6) is 11.6 Å². The highest BCUT2D eigenvalue weighted by Crippen LogP contribution is 2.18. The molecule has 0 saturated carbocycles. The Hall–Kier alpha value is -2.89. The minimum Gasteiger partial charge on any atom is -0.439 e. The number of amides is 2. The molecule has 0 bridgehead atoms. The summed E-state index contributed by atoms with van der Waals surface area (Å²) in [6, 6.07) is 12.4. The van der Waals surface area contributed by atoms with Crippen LogP contribution in [-0.2, 0) is 4.79 Å². The maximum Gasteiger partial charge on any atom is 0.253 e. The molecule has 6 nitrogen and oxygen atoms in total. The first-order chi connectivity index (χ1) is 10.7. The van der Waals surface area contributed by atoms with Gasteiger partial charge in [-0.05, 0) is 25.1 Å². The number of benzene rings is 1. The molecule has 0 radical (unpaired) electrons. The lowest BCUT2D eigenvalue weighted by atomic mass is 10.2. The second-order valence-electron chi connectivity index (χ2n) is 4.44. The third-order valence-corrected chi connectivity index (χ3v) is 2.75. The Kier molecular flexibility index (Phi) is 5.48. The Bertz CT molecular complexity index is 627. The summed E-state index contributed by atoms with van der Waals surface area (Å²) in [5.41, 5.74) is 0.365. The second-order valence-corrected chi connectivity index (χ2v) is 4.44. The Balaban J connectivity index is 1.91. The third-order valence-electron chi connectivity index (χ3n) is 2.75. The molecule has 0 spiro atoms. The average Bonchev–Trinajstić information content (AvgIpc) is 2.54. The molecule has 1 aromatic carbocycles. The maximum absolute atomic E-state index is 11.9. The molecule has 2 N–H and O–H groups in total. The van der Waals surface area contributed by atoms with Gasteiger partial charge in [0.2, 0.25) is 11.8 Å². The molecule has 2 amide bonds. The third kappa shape index (κ3) is 4.59. The highest BCUT2D eigenvalue weighted by atomic mass is 16.5. The number of pyridine rings is 1. The number of carbonyl (C=O) groups excluding carboxylic acids is 2. The Morgan fingerprint density at radius 3 is 2.50 bits per heavy atom. The summed E-state index contributed by atoms with van der Waals surface area (Å²) in [6.07, 6.45) is 1.41. The molecule has 2 rings (SSSR count). The normalized spacial score (nSPS) is 9.86. The van der Waals surface area contributed by atoms with Crippen molar-refractivity contribution in [3.63, 3.8) is 0 Å². The van der Waals surface area contributed by atoms with Gasteiger partial charge >= 0.3 is 0 Å². The molecule has 6 heteroatoms. The standard InChI is InChI=1S/C16H17N3O3/c1-2-17-14(20)11-19-16(21)12-8-9-15(18-10-12)22-13-6-4-3-5-7-13/h3-10H,2,11H2,1H3,(H,17,20)(H,19,21). The summed E-state index contributed by atoms with van der Waals surface area (Å²) in [7, 11) is 0. The number of ether oxygens (including phenoxy) is 1. The largest absolute Gasteiger partial charge is 0.439 e. The molecule has 0 aliphatic heterocycles. The predicted molar refractivity (Wildman–Crippen MR) is 81.8 cm³/mol. The number of likely N-dealkylation sites (N-methyl/N-ethyl adjacent to an activating group) is 1. The zero-order chi connectivity index (χ0) is 15.8. The summed E-state index contributed by atoms with van der Waals surface area (Å²) < 4.78 is 5.54. The first-order valence-corrected chi connectivity index (χ1v) is 6.93. The first-order valence-electron chi connectivity index (χ1n) is 6.93. The number of hydrogen-bond donors (Lipinski definition) is 2. The van der Waals surface area contributed by atoms with Crippen molar-refractivity contribution in [1.82, 2.24) is 15.6 Å². The van der Waals surface area contributed by atoms with Crippen LogP contribution in [0.1, 0.15) is 17.3 Å². The van der Waals surface area contributed by atoms with E-state index in [9.17, 15) is 9.59 Å². The van der Waals surface area contributed by atoms with E-state index in [1.165, 1.54) is 6.20 Å². The summed E-state index contributed by atoms with van der Waals surface area (Å²) in [4.78, 5) is 27.2. The van der Waals surface area contributed by atoms with Crippen molar-refractivity contribution in [3.8, 4) is 11.6 Å². The number of para-hydroxylation sites is 1. The maximum atomic E-state index is 11.9. The quantitative estimate of drug-likeness (QED) is 0.851. The zero-order valence-electron chi connectivity index (χ0n) is 12.2. The molecule has 0 fully saturated rings. The molecule has 0 unspecified atom stereocenters. The van der Waals surface area contributed by atoms with Crippen LogP contribution >= 0.6 is 0 Å². The van der Waals surface area contributed by atoms with E-state index in [1.807, 2.05) is 37.3 Å². The summed E-state index contributed by atoms with van der Waals surface area (Å²) >= 11 is 0. The van der Waals surface area contributed by atoms with Crippen molar-refractivity contribution < 1.29 is 14.3 Å². The predicted octanol–water partition coefficient (Wildman–Crippen LogP) is 1.74. The van der Waals surface area contributed by atoms with Gasteiger partial charge in [0.25, 0.3) is 5.91 Å². The highest BCUT2D eigenvalue weighted by molar-refractivity contribution is 5.96. The van der Waals surface area contributed by atoms with Crippen molar-refractivity contribution in [3.05, 3.63) is 54.2 Å². The highest BCUT2D eigenvalue weighted by Gasteiger charge is 2.08. The lowest BCUT2D eigenvalue weighted by Crippen LogP contribution is -2.36. The van der Waals surface area contributed by atoms with Crippen LogP contribution in [0.4, 0.5) is 0 Å². The Morgan fingerprint density at radius 2 is 1.86 bits per heavy atom. The number of hydrogen-bond acceptors (Lipinski definition) is 4. The number of nitrogens with one attached hydrogen (secondary N) is 2. The van der Waals surface area contributed by atoms with Crippen LogP contribution in [0, 0.1) is 0 Å². The van der Waals surface area contributed by atoms with Gasteiger partial charge in [-0.3, -0.25) is 9.59 Å². The van der Waals surface area contributed by atoms with Crippen LogP contribution < -0.4 is 15.4 Å². The molecule has 0 aliphatic rings. The fourth-order valence-corrected chi connectivity index (χ4v) is 1.71. The van der Waals surface area contributed by atoms with E-state index in [4.69, 9.17) is 4.74 Å². The van der Waals surface area contributed by atoms with Crippen molar-refractivity contribution >= 4 is 11.8 Å². The monoisotopic (exact) mass is 299 g/mol. The van der Waals surface area contributed by atoms with E-state index in [2.05, 4.69) is 15.6 Å². The van der Waals surface area contributed by atoms with E-state index in [1.54, 1.807) is 12.1 Å². The molecule has 0 aliphatic carbocycles. The second kappa shape index (κ2) is 7.78. The molecular weight excluding hydrogens is 282 g/mol. The molecule has 0 saturated heterocycles. The van der Waals surface area contributed by atoms with Gasteiger partial charge in [0.05, 0.1) is 12.1 Å². The van der Waals surface area contributed by atoms with Crippen LogP contribution in [0.25, 0.3) is 0 Å². The number of nitrogens with zero attached hydrogens (tertiary/aromatic N) is 1. The van der Waals surface area contributed by atoms with Gasteiger partial charge in [-0.25, -0.2) is 4.98 Å². The molecule has 0 atom stereocenters. The SMILES string of the molecule is CCNC(=O)CNC(=O)c1ccc(Oc2ccccc2)nc1. The molecule has 1 aromatic heterocycles.